The van der Waals surface area contributed by atoms with E-state index in [2.05, 4.69) is 6.92 Å². The van der Waals surface area contributed by atoms with Crippen molar-refractivity contribution in [3.05, 3.63) is 0 Å². The van der Waals surface area contributed by atoms with Crippen LogP contribution in [0.25, 0.3) is 0 Å². The Kier molecular flexibility index (Phi) is 6.46. The number of piperidine rings is 1. The van der Waals surface area contributed by atoms with Crippen LogP contribution < -0.4 is 0 Å². The summed E-state index contributed by atoms with van der Waals surface area (Å²) < 4.78 is 0. The standard InChI is InChI=1S/C13H25NO2/c1-2-3-4-5-6-7-13(16)14-10-8-12(15)9-11-14/h12,15H,2-11H2,1H3. The molecule has 94 valence electrons. The summed E-state index contributed by atoms with van der Waals surface area (Å²) in [6.45, 7) is 3.69. The lowest BCUT2D eigenvalue weighted by Gasteiger charge is -2.29. The van der Waals surface area contributed by atoms with Gasteiger partial charge in [-0.3, -0.25) is 4.79 Å². The summed E-state index contributed by atoms with van der Waals surface area (Å²) in [5.74, 6) is 0.281. The number of amides is 1. The molecule has 0 bridgehead atoms. The van der Waals surface area contributed by atoms with Crippen LogP contribution in [0.2, 0.25) is 0 Å². The van der Waals surface area contributed by atoms with Gasteiger partial charge in [-0.1, -0.05) is 32.6 Å². The summed E-state index contributed by atoms with van der Waals surface area (Å²) >= 11 is 0. The molecule has 1 rings (SSSR count). The third-order valence-electron chi connectivity index (χ3n) is 3.31. The Labute approximate surface area is 98.8 Å². The van der Waals surface area contributed by atoms with Gasteiger partial charge in [-0.15, -0.1) is 0 Å². The average Bonchev–Trinajstić information content (AvgIpc) is 2.29. The largest absolute Gasteiger partial charge is 0.393 e. The van der Waals surface area contributed by atoms with Gasteiger partial charge in [-0.2, -0.15) is 0 Å². The number of carbonyl (C=O) groups is 1. The normalized spacial score (nSPS) is 17.8. The second kappa shape index (κ2) is 7.66. The smallest absolute Gasteiger partial charge is 0.222 e. The number of likely N-dealkylation sites (tertiary alicyclic amines) is 1. The number of carbonyl (C=O) groups excluding carboxylic acids is 1. The highest BCUT2D eigenvalue weighted by molar-refractivity contribution is 5.76. The van der Waals surface area contributed by atoms with E-state index in [1.807, 2.05) is 4.90 Å². The van der Waals surface area contributed by atoms with E-state index in [9.17, 15) is 9.90 Å². The molecule has 3 nitrogen and oxygen atoms in total. The minimum atomic E-state index is -0.186. The van der Waals surface area contributed by atoms with Crippen LogP contribution >= 0.6 is 0 Å². The number of rotatable bonds is 6. The maximum atomic E-state index is 11.8. The predicted octanol–water partition coefficient (Wildman–Crippen LogP) is 2.33. The van der Waals surface area contributed by atoms with E-state index >= 15 is 0 Å². The fourth-order valence-electron chi connectivity index (χ4n) is 2.15. The third kappa shape index (κ3) is 4.97. The van der Waals surface area contributed by atoms with E-state index < -0.39 is 0 Å². The summed E-state index contributed by atoms with van der Waals surface area (Å²) in [7, 11) is 0. The van der Waals surface area contributed by atoms with Crippen LogP contribution in [0.1, 0.15) is 58.3 Å². The van der Waals surface area contributed by atoms with Crippen molar-refractivity contribution in [2.75, 3.05) is 13.1 Å². The number of hydrogen-bond acceptors (Lipinski definition) is 2. The zero-order valence-electron chi connectivity index (χ0n) is 10.5. The summed E-state index contributed by atoms with van der Waals surface area (Å²) in [6, 6.07) is 0. The van der Waals surface area contributed by atoms with Crippen LogP contribution in [0.3, 0.4) is 0 Å². The van der Waals surface area contributed by atoms with Crippen LogP contribution in [0.15, 0.2) is 0 Å². The first-order valence-electron chi connectivity index (χ1n) is 6.70. The van der Waals surface area contributed by atoms with E-state index in [4.69, 9.17) is 0 Å². The van der Waals surface area contributed by atoms with Crippen molar-refractivity contribution >= 4 is 5.91 Å². The molecule has 0 unspecified atom stereocenters. The molecule has 0 saturated carbocycles. The van der Waals surface area contributed by atoms with Gasteiger partial charge in [0.15, 0.2) is 0 Å². The molecule has 3 heteroatoms. The molecule has 1 saturated heterocycles. The fraction of sp³-hybridized carbons (Fsp3) is 0.923. The number of aliphatic hydroxyl groups excluding tert-OH is 1. The molecular weight excluding hydrogens is 202 g/mol. The van der Waals surface area contributed by atoms with Gasteiger partial charge in [-0.25, -0.2) is 0 Å². The molecular formula is C13H25NO2. The number of hydrogen-bond donors (Lipinski definition) is 1. The first-order valence-corrected chi connectivity index (χ1v) is 6.70. The Morgan fingerprint density at radius 1 is 1.19 bits per heavy atom. The van der Waals surface area contributed by atoms with Crippen molar-refractivity contribution in [1.82, 2.24) is 4.90 Å². The maximum Gasteiger partial charge on any atom is 0.222 e. The second-order valence-corrected chi connectivity index (χ2v) is 4.78. The minimum Gasteiger partial charge on any atom is -0.393 e. The molecule has 1 aliphatic heterocycles. The summed E-state index contributed by atoms with van der Waals surface area (Å²) in [4.78, 5) is 13.7. The fourth-order valence-corrected chi connectivity index (χ4v) is 2.15. The molecule has 1 fully saturated rings. The molecule has 0 radical (unpaired) electrons. The highest BCUT2D eigenvalue weighted by Gasteiger charge is 2.20. The summed E-state index contributed by atoms with van der Waals surface area (Å²) in [5, 5.41) is 9.34. The molecule has 1 amide bonds. The van der Waals surface area contributed by atoms with Gasteiger partial charge < -0.3 is 10.0 Å². The topological polar surface area (TPSA) is 40.5 Å². The van der Waals surface area contributed by atoms with Crippen LogP contribution in [0.4, 0.5) is 0 Å². The molecule has 0 aromatic heterocycles. The van der Waals surface area contributed by atoms with Gasteiger partial charge in [0.2, 0.25) is 5.91 Å². The monoisotopic (exact) mass is 227 g/mol. The van der Waals surface area contributed by atoms with E-state index in [1.54, 1.807) is 0 Å². The Morgan fingerprint density at radius 3 is 2.44 bits per heavy atom. The van der Waals surface area contributed by atoms with Crippen molar-refractivity contribution in [2.45, 2.75) is 64.4 Å². The Bertz CT molecular complexity index is 198. The predicted molar refractivity (Wildman–Crippen MR) is 65.2 cm³/mol. The first-order chi connectivity index (χ1) is 7.74. The van der Waals surface area contributed by atoms with Crippen LogP contribution in [-0.4, -0.2) is 35.1 Å². The zero-order valence-corrected chi connectivity index (χ0v) is 10.5. The molecule has 0 spiro atoms. The van der Waals surface area contributed by atoms with Gasteiger partial charge in [0.05, 0.1) is 6.10 Å². The lowest BCUT2D eigenvalue weighted by atomic mass is 10.1. The van der Waals surface area contributed by atoms with Gasteiger partial charge >= 0.3 is 0 Å². The van der Waals surface area contributed by atoms with Crippen molar-refractivity contribution in [1.29, 1.82) is 0 Å². The van der Waals surface area contributed by atoms with E-state index in [0.717, 1.165) is 32.4 Å². The van der Waals surface area contributed by atoms with Crippen molar-refractivity contribution in [3.8, 4) is 0 Å². The SMILES string of the molecule is CCCCCCCC(=O)N1CCC(O)CC1. The average molecular weight is 227 g/mol. The lowest BCUT2D eigenvalue weighted by Crippen LogP contribution is -2.39. The maximum absolute atomic E-state index is 11.8. The third-order valence-corrected chi connectivity index (χ3v) is 3.31. The number of aliphatic hydroxyl groups is 1. The molecule has 0 aliphatic carbocycles. The Hall–Kier alpha value is -0.570. The quantitative estimate of drug-likeness (QED) is 0.707. The molecule has 1 N–H and O–H groups in total. The number of nitrogens with zero attached hydrogens (tertiary/aromatic N) is 1. The highest BCUT2D eigenvalue weighted by Crippen LogP contribution is 2.13. The summed E-state index contributed by atoms with van der Waals surface area (Å²) in [5.41, 5.74) is 0. The van der Waals surface area contributed by atoms with Crippen molar-refractivity contribution in [2.24, 2.45) is 0 Å². The van der Waals surface area contributed by atoms with Crippen LogP contribution in [0.5, 0.6) is 0 Å². The van der Waals surface area contributed by atoms with Gasteiger partial charge in [0.25, 0.3) is 0 Å². The van der Waals surface area contributed by atoms with Crippen LogP contribution in [0, 0.1) is 0 Å². The molecule has 0 aromatic carbocycles. The second-order valence-electron chi connectivity index (χ2n) is 4.78. The Balaban J connectivity index is 2.06. The first kappa shape index (κ1) is 13.5. The van der Waals surface area contributed by atoms with E-state index in [1.165, 1.54) is 25.7 Å². The van der Waals surface area contributed by atoms with Crippen molar-refractivity contribution in [3.63, 3.8) is 0 Å². The van der Waals surface area contributed by atoms with Gasteiger partial charge in [-0.05, 0) is 19.3 Å². The number of unbranched alkanes of at least 4 members (excludes halogenated alkanes) is 4. The minimum absolute atomic E-state index is 0.186. The molecule has 1 aliphatic rings. The van der Waals surface area contributed by atoms with E-state index in [-0.39, 0.29) is 12.0 Å². The Morgan fingerprint density at radius 2 is 1.81 bits per heavy atom. The lowest BCUT2D eigenvalue weighted by molar-refractivity contribution is -0.133. The molecule has 0 aromatic rings. The molecule has 1 heterocycles. The van der Waals surface area contributed by atoms with E-state index in [0.29, 0.717) is 6.42 Å². The summed E-state index contributed by atoms with van der Waals surface area (Å²) in [6.07, 6.45) is 8.00. The highest BCUT2D eigenvalue weighted by atomic mass is 16.3. The molecule has 16 heavy (non-hydrogen) atoms. The zero-order chi connectivity index (χ0) is 11.8. The van der Waals surface area contributed by atoms with Crippen LogP contribution in [-0.2, 0) is 4.79 Å². The van der Waals surface area contributed by atoms with Gasteiger partial charge in [0, 0.05) is 19.5 Å². The van der Waals surface area contributed by atoms with Gasteiger partial charge in [0.1, 0.15) is 0 Å². The van der Waals surface area contributed by atoms with Crippen molar-refractivity contribution < 1.29 is 9.90 Å². The molecule has 0 atom stereocenters.